The van der Waals surface area contributed by atoms with Crippen molar-refractivity contribution in [2.45, 2.75) is 0 Å². The van der Waals surface area contributed by atoms with E-state index in [1.165, 1.54) is 0 Å². The van der Waals surface area contributed by atoms with E-state index < -0.39 is 0 Å². The standard InChI is InChI=1S/C16H10ClN3O2/c17-13-8-4-7-11-15(13)19-14(10-5-2-1-3-6-10)12(16(11)21)9-18-20-22/h1-9H,(H,19,21)/b18-9+. The van der Waals surface area contributed by atoms with E-state index in [9.17, 15) is 9.70 Å². The quantitative estimate of drug-likeness (QED) is 0.452. The zero-order chi connectivity index (χ0) is 15.5. The van der Waals surface area contributed by atoms with Gasteiger partial charge in [-0.3, -0.25) is 4.79 Å². The molecule has 108 valence electrons. The Bertz CT molecular complexity index is 933. The van der Waals surface area contributed by atoms with Gasteiger partial charge in [-0.05, 0) is 17.7 Å². The first kappa shape index (κ1) is 14.2. The monoisotopic (exact) mass is 311 g/mol. The van der Waals surface area contributed by atoms with Crippen LogP contribution in [0.3, 0.4) is 0 Å². The van der Waals surface area contributed by atoms with Crippen molar-refractivity contribution in [1.29, 1.82) is 0 Å². The van der Waals surface area contributed by atoms with Crippen LogP contribution in [0.4, 0.5) is 0 Å². The van der Waals surface area contributed by atoms with E-state index in [-0.39, 0.29) is 11.0 Å². The van der Waals surface area contributed by atoms with Crippen LogP contribution < -0.4 is 5.43 Å². The van der Waals surface area contributed by atoms with E-state index in [1.807, 2.05) is 30.3 Å². The molecule has 0 saturated carbocycles. The molecule has 3 aromatic rings. The molecule has 0 atom stereocenters. The highest BCUT2D eigenvalue weighted by Crippen LogP contribution is 2.25. The van der Waals surface area contributed by atoms with Crippen molar-refractivity contribution >= 4 is 28.7 Å². The lowest BCUT2D eigenvalue weighted by Gasteiger charge is -2.09. The highest BCUT2D eigenvalue weighted by atomic mass is 35.5. The molecule has 0 saturated heterocycles. The summed E-state index contributed by atoms with van der Waals surface area (Å²) >= 11 is 6.17. The van der Waals surface area contributed by atoms with Crippen LogP contribution in [0.5, 0.6) is 0 Å². The third-order valence-corrected chi connectivity index (χ3v) is 3.63. The average molecular weight is 312 g/mol. The number of rotatable bonds is 3. The zero-order valence-electron chi connectivity index (χ0n) is 11.3. The van der Waals surface area contributed by atoms with Crippen molar-refractivity contribution in [2.75, 3.05) is 0 Å². The summed E-state index contributed by atoms with van der Waals surface area (Å²) in [5, 5.41) is 6.63. The molecular weight excluding hydrogens is 302 g/mol. The minimum absolute atomic E-state index is 0.262. The third kappa shape index (κ3) is 2.42. The van der Waals surface area contributed by atoms with Crippen molar-refractivity contribution in [1.82, 2.24) is 4.98 Å². The third-order valence-electron chi connectivity index (χ3n) is 3.32. The van der Waals surface area contributed by atoms with Crippen LogP contribution in [0.15, 0.2) is 63.7 Å². The number of para-hydroxylation sites is 1. The highest BCUT2D eigenvalue weighted by molar-refractivity contribution is 6.35. The summed E-state index contributed by atoms with van der Waals surface area (Å²) in [6.07, 6.45) is 1.16. The summed E-state index contributed by atoms with van der Waals surface area (Å²) in [6, 6.07) is 14.3. The predicted octanol–water partition coefficient (Wildman–Crippen LogP) is 3.95. The Labute approximate surface area is 130 Å². The number of aromatic amines is 1. The first-order valence-electron chi connectivity index (χ1n) is 6.48. The molecular formula is C16H10ClN3O2. The maximum Gasteiger partial charge on any atom is 0.198 e. The molecule has 0 spiro atoms. The fourth-order valence-corrected chi connectivity index (χ4v) is 2.55. The summed E-state index contributed by atoms with van der Waals surface area (Å²) in [5.41, 5.74) is 1.87. The van der Waals surface area contributed by atoms with Crippen LogP contribution in [0, 0.1) is 4.91 Å². The van der Waals surface area contributed by atoms with Gasteiger partial charge >= 0.3 is 0 Å². The molecule has 0 amide bonds. The van der Waals surface area contributed by atoms with Gasteiger partial charge in [-0.15, -0.1) is 10.0 Å². The number of fused-ring (bicyclic) bond motifs is 1. The first-order valence-corrected chi connectivity index (χ1v) is 6.86. The van der Waals surface area contributed by atoms with Crippen molar-refractivity contribution in [3.8, 4) is 11.3 Å². The number of nitrogens with zero attached hydrogens (tertiary/aromatic N) is 2. The molecule has 6 heteroatoms. The molecule has 22 heavy (non-hydrogen) atoms. The maximum atomic E-state index is 12.7. The summed E-state index contributed by atoms with van der Waals surface area (Å²) in [7, 11) is 0. The van der Waals surface area contributed by atoms with E-state index in [1.54, 1.807) is 18.2 Å². The number of hydrogen-bond acceptors (Lipinski definition) is 3. The second-order valence-electron chi connectivity index (χ2n) is 4.60. The number of nitrogens with one attached hydrogen (secondary N) is 1. The van der Waals surface area contributed by atoms with Crippen molar-refractivity contribution in [3.05, 3.63) is 74.2 Å². The number of hydrogen-bond donors (Lipinski definition) is 1. The number of halogens is 1. The van der Waals surface area contributed by atoms with Crippen molar-refractivity contribution in [2.24, 2.45) is 10.4 Å². The minimum atomic E-state index is -0.262. The molecule has 0 bridgehead atoms. The molecule has 0 unspecified atom stereocenters. The Kier molecular flexibility index (Phi) is 3.80. The topological polar surface area (TPSA) is 74.7 Å². The Morgan fingerprint density at radius 2 is 1.82 bits per heavy atom. The van der Waals surface area contributed by atoms with E-state index in [2.05, 4.69) is 15.4 Å². The number of nitroso groups, excluding NO2 is 1. The summed E-state index contributed by atoms with van der Waals surface area (Å²) in [6.45, 7) is 0. The van der Waals surface area contributed by atoms with Gasteiger partial charge in [0.2, 0.25) is 0 Å². The van der Waals surface area contributed by atoms with Gasteiger partial charge in [-0.2, -0.15) is 0 Å². The fraction of sp³-hybridized carbons (Fsp3) is 0. The van der Waals surface area contributed by atoms with E-state index in [4.69, 9.17) is 11.6 Å². The van der Waals surface area contributed by atoms with Gasteiger partial charge in [0.25, 0.3) is 0 Å². The van der Waals surface area contributed by atoms with Gasteiger partial charge in [-0.1, -0.05) is 48.0 Å². The molecule has 0 aliphatic rings. The van der Waals surface area contributed by atoms with Crippen LogP contribution >= 0.6 is 11.6 Å². The van der Waals surface area contributed by atoms with Crippen LogP contribution in [0.25, 0.3) is 22.2 Å². The molecule has 5 nitrogen and oxygen atoms in total. The second kappa shape index (κ2) is 5.91. The number of pyridine rings is 1. The molecule has 1 N–H and O–H groups in total. The lowest BCUT2D eigenvalue weighted by molar-refractivity contribution is 1.23. The van der Waals surface area contributed by atoms with Crippen LogP contribution in [-0.2, 0) is 0 Å². The van der Waals surface area contributed by atoms with Crippen molar-refractivity contribution in [3.63, 3.8) is 0 Å². The van der Waals surface area contributed by atoms with Crippen molar-refractivity contribution < 1.29 is 0 Å². The number of benzene rings is 2. The molecule has 2 aromatic carbocycles. The second-order valence-corrected chi connectivity index (χ2v) is 5.00. The van der Waals surface area contributed by atoms with Gasteiger partial charge in [0, 0.05) is 5.39 Å². The smallest absolute Gasteiger partial charge is 0.198 e. The molecule has 1 aromatic heterocycles. The Hall–Kier alpha value is -2.79. The summed E-state index contributed by atoms with van der Waals surface area (Å²) in [4.78, 5) is 26.1. The first-order chi connectivity index (χ1) is 10.7. The molecule has 3 rings (SSSR count). The van der Waals surface area contributed by atoms with Crippen LogP contribution in [0.1, 0.15) is 5.56 Å². The Morgan fingerprint density at radius 3 is 2.55 bits per heavy atom. The molecule has 0 aliphatic heterocycles. The highest BCUT2D eigenvalue weighted by Gasteiger charge is 2.13. The summed E-state index contributed by atoms with van der Waals surface area (Å²) in [5.74, 6) is 0. The number of aromatic nitrogens is 1. The Morgan fingerprint density at radius 1 is 1.05 bits per heavy atom. The van der Waals surface area contributed by atoms with Crippen LogP contribution in [-0.4, -0.2) is 11.2 Å². The van der Waals surface area contributed by atoms with Gasteiger partial charge in [0.15, 0.2) is 5.43 Å². The Balaban J connectivity index is 2.43. The predicted molar refractivity (Wildman–Crippen MR) is 88.4 cm³/mol. The lowest BCUT2D eigenvalue weighted by Crippen LogP contribution is -2.12. The number of H-pyrrole nitrogens is 1. The molecule has 0 radical (unpaired) electrons. The van der Waals surface area contributed by atoms with E-state index >= 15 is 0 Å². The normalized spacial score (nSPS) is 11.1. The molecule has 0 fully saturated rings. The fourth-order valence-electron chi connectivity index (χ4n) is 2.33. The van der Waals surface area contributed by atoms with Gasteiger partial charge in [-0.25, -0.2) is 0 Å². The molecule has 0 aliphatic carbocycles. The van der Waals surface area contributed by atoms with Gasteiger partial charge in [0.05, 0.1) is 33.3 Å². The van der Waals surface area contributed by atoms with E-state index in [0.717, 1.165) is 11.8 Å². The summed E-state index contributed by atoms with van der Waals surface area (Å²) < 4.78 is 0. The average Bonchev–Trinajstić information content (AvgIpc) is 2.55. The zero-order valence-corrected chi connectivity index (χ0v) is 12.0. The maximum absolute atomic E-state index is 12.7. The SMILES string of the molecule is O=N/N=C/c1c(-c2ccccc2)[nH]c2c(Cl)cccc2c1=O. The van der Waals surface area contributed by atoms with Gasteiger partial charge in [0.1, 0.15) is 0 Å². The molecule has 1 heterocycles. The van der Waals surface area contributed by atoms with Crippen LogP contribution in [0.2, 0.25) is 5.02 Å². The minimum Gasteiger partial charge on any atom is -0.353 e. The van der Waals surface area contributed by atoms with Gasteiger partial charge < -0.3 is 4.98 Å². The van der Waals surface area contributed by atoms with E-state index in [0.29, 0.717) is 21.6 Å². The lowest BCUT2D eigenvalue weighted by atomic mass is 10.0. The largest absolute Gasteiger partial charge is 0.353 e.